The molecule has 0 spiro atoms. The number of aliphatic hydroxyl groups excluding tert-OH is 1. The summed E-state index contributed by atoms with van der Waals surface area (Å²) in [5.41, 5.74) is 1.32. The molecule has 1 aliphatic heterocycles. The Morgan fingerprint density at radius 1 is 1.27 bits per heavy atom. The van der Waals surface area contributed by atoms with Crippen LogP contribution in [0.5, 0.6) is 0 Å². The van der Waals surface area contributed by atoms with Gasteiger partial charge in [0.1, 0.15) is 0 Å². The van der Waals surface area contributed by atoms with Crippen LogP contribution in [0, 0.1) is 11.3 Å². The van der Waals surface area contributed by atoms with E-state index in [1.165, 1.54) is 5.56 Å². The van der Waals surface area contributed by atoms with E-state index in [2.05, 4.69) is 43.4 Å². The molecule has 4 heteroatoms. The first kappa shape index (κ1) is 16.8. The average molecular weight is 304 g/mol. The Morgan fingerprint density at radius 2 is 1.91 bits per heavy atom. The molecule has 1 aromatic carbocycles. The second-order valence-corrected chi connectivity index (χ2v) is 7.10. The molecule has 2 N–H and O–H groups in total. The van der Waals surface area contributed by atoms with E-state index >= 15 is 0 Å². The van der Waals surface area contributed by atoms with E-state index in [-0.39, 0.29) is 18.1 Å². The Balaban J connectivity index is 1.77. The normalized spacial score (nSPS) is 16.6. The van der Waals surface area contributed by atoms with E-state index in [0.29, 0.717) is 12.5 Å². The first-order valence-electron chi connectivity index (χ1n) is 8.18. The number of benzene rings is 1. The molecule has 0 bridgehead atoms. The quantitative estimate of drug-likeness (QED) is 0.878. The fourth-order valence-electron chi connectivity index (χ4n) is 2.96. The van der Waals surface area contributed by atoms with Crippen LogP contribution < -0.4 is 5.32 Å². The van der Waals surface area contributed by atoms with Crippen LogP contribution in [0.25, 0.3) is 0 Å². The minimum Gasteiger partial charge on any atom is -0.396 e. The maximum absolute atomic E-state index is 12.2. The molecule has 1 heterocycles. The number of piperidine rings is 1. The number of carbonyl (C=O) groups excluding carboxylic acids is 1. The van der Waals surface area contributed by atoms with E-state index in [1.807, 2.05) is 11.0 Å². The summed E-state index contributed by atoms with van der Waals surface area (Å²) in [5, 5.41) is 12.2. The van der Waals surface area contributed by atoms with Gasteiger partial charge in [-0.2, -0.15) is 0 Å². The molecule has 122 valence electrons. The molecular formula is C18H28N2O2. The predicted octanol–water partition coefficient (Wildman–Crippen LogP) is 2.67. The third-order valence-electron chi connectivity index (χ3n) is 4.40. The first-order valence-corrected chi connectivity index (χ1v) is 8.18. The van der Waals surface area contributed by atoms with Gasteiger partial charge in [0.2, 0.25) is 0 Å². The highest BCUT2D eigenvalue weighted by Gasteiger charge is 2.24. The molecular weight excluding hydrogens is 276 g/mol. The molecule has 1 aliphatic rings. The van der Waals surface area contributed by atoms with Gasteiger partial charge in [0, 0.05) is 26.2 Å². The fourth-order valence-corrected chi connectivity index (χ4v) is 2.96. The second kappa shape index (κ2) is 7.63. The number of hydrogen-bond donors (Lipinski definition) is 2. The number of nitrogens with zero attached hydrogens (tertiary/aromatic N) is 1. The Kier molecular flexibility index (Phi) is 5.83. The second-order valence-electron chi connectivity index (χ2n) is 7.10. The zero-order chi connectivity index (χ0) is 16.0. The minimum absolute atomic E-state index is 0.0255. The molecule has 1 saturated heterocycles. The van der Waals surface area contributed by atoms with Gasteiger partial charge in [0.05, 0.1) is 0 Å². The maximum atomic E-state index is 12.2. The van der Waals surface area contributed by atoms with Crippen LogP contribution in [0.1, 0.15) is 32.3 Å². The standard InChI is InChI=1S/C18H28N2O2/c1-18(2,12-15-6-4-3-5-7-15)14-19-17(22)20-10-8-16(13-21)9-11-20/h3-7,16,21H,8-14H2,1-2H3,(H,19,22). The van der Waals surface area contributed by atoms with Crippen LogP contribution in [0.3, 0.4) is 0 Å². The topological polar surface area (TPSA) is 52.6 Å². The van der Waals surface area contributed by atoms with Crippen molar-refractivity contribution >= 4 is 6.03 Å². The Hall–Kier alpha value is -1.55. The molecule has 1 fully saturated rings. The number of likely N-dealkylation sites (tertiary alicyclic amines) is 1. The molecule has 0 aliphatic carbocycles. The largest absolute Gasteiger partial charge is 0.396 e. The summed E-state index contributed by atoms with van der Waals surface area (Å²) in [6.07, 6.45) is 2.75. The van der Waals surface area contributed by atoms with Gasteiger partial charge < -0.3 is 15.3 Å². The van der Waals surface area contributed by atoms with Crippen LogP contribution in [0.2, 0.25) is 0 Å². The van der Waals surface area contributed by atoms with Crippen LogP contribution >= 0.6 is 0 Å². The third kappa shape index (κ3) is 5.02. The lowest BCUT2D eigenvalue weighted by atomic mass is 9.86. The molecule has 2 rings (SSSR count). The molecule has 22 heavy (non-hydrogen) atoms. The van der Waals surface area contributed by atoms with Crippen molar-refractivity contribution in [3.63, 3.8) is 0 Å². The number of urea groups is 1. The lowest BCUT2D eigenvalue weighted by Crippen LogP contribution is -2.47. The van der Waals surface area contributed by atoms with Gasteiger partial charge in [-0.1, -0.05) is 44.2 Å². The highest BCUT2D eigenvalue weighted by molar-refractivity contribution is 5.74. The van der Waals surface area contributed by atoms with Crippen molar-refractivity contribution in [2.24, 2.45) is 11.3 Å². The zero-order valence-electron chi connectivity index (χ0n) is 13.7. The summed E-state index contributed by atoms with van der Waals surface area (Å²) in [7, 11) is 0. The summed E-state index contributed by atoms with van der Waals surface area (Å²) in [5.74, 6) is 0.360. The monoisotopic (exact) mass is 304 g/mol. The number of amides is 2. The summed E-state index contributed by atoms with van der Waals surface area (Å²) in [4.78, 5) is 14.1. The number of hydrogen-bond acceptors (Lipinski definition) is 2. The predicted molar refractivity (Wildman–Crippen MR) is 88.7 cm³/mol. The van der Waals surface area contributed by atoms with E-state index in [1.54, 1.807) is 0 Å². The van der Waals surface area contributed by atoms with E-state index in [0.717, 1.165) is 32.4 Å². The van der Waals surface area contributed by atoms with Gasteiger partial charge in [0.15, 0.2) is 0 Å². The molecule has 0 aromatic heterocycles. The van der Waals surface area contributed by atoms with Crippen molar-refractivity contribution < 1.29 is 9.90 Å². The molecule has 2 amide bonds. The minimum atomic E-state index is 0.0255. The SMILES string of the molecule is CC(C)(CNC(=O)N1CCC(CO)CC1)Cc1ccccc1. The van der Waals surface area contributed by atoms with E-state index < -0.39 is 0 Å². The average Bonchev–Trinajstić information content (AvgIpc) is 2.53. The maximum Gasteiger partial charge on any atom is 0.317 e. The van der Waals surface area contributed by atoms with Gasteiger partial charge >= 0.3 is 6.03 Å². The van der Waals surface area contributed by atoms with Gasteiger partial charge in [-0.3, -0.25) is 0 Å². The Bertz CT molecular complexity index is 465. The van der Waals surface area contributed by atoms with Crippen molar-refractivity contribution in [2.45, 2.75) is 33.1 Å². The number of aliphatic hydroxyl groups is 1. The molecule has 0 saturated carbocycles. The van der Waals surface area contributed by atoms with Crippen molar-refractivity contribution in [2.75, 3.05) is 26.2 Å². The first-order chi connectivity index (χ1) is 10.5. The highest BCUT2D eigenvalue weighted by Crippen LogP contribution is 2.21. The number of rotatable bonds is 5. The molecule has 0 unspecified atom stereocenters. The summed E-state index contributed by atoms with van der Waals surface area (Å²) >= 11 is 0. The summed E-state index contributed by atoms with van der Waals surface area (Å²) in [6.45, 7) is 6.75. The van der Waals surface area contributed by atoms with Crippen LogP contribution in [0.4, 0.5) is 4.79 Å². The van der Waals surface area contributed by atoms with Crippen molar-refractivity contribution in [3.8, 4) is 0 Å². The van der Waals surface area contributed by atoms with E-state index in [4.69, 9.17) is 5.11 Å². The number of nitrogens with one attached hydrogen (secondary N) is 1. The molecule has 1 aromatic rings. The van der Waals surface area contributed by atoms with Gasteiger partial charge in [-0.25, -0.2) is 4.79 Å². The highest BCUT2D eigenvalue weighted by atomic mass is 16.3. The third-order valence-corrected chi connectivity index (χ3v) is 4.40. The van der Waals surface area contributed by atoms with Gasteiger partial charge in [-0.15, -0.1) is 0 Å². The van der Waals surface area contributed by atoms with Crippen molar-refractivity contribution in [3.05, 3.63) is 35.9 Å². The molecule has 0 radical (unpaired) electrons. The summed E-state index contributed by atoms with van der Waals surface area (Å²) in [6, 6.07) is 10.4. The molecule has 4 nitrogen and oxygen atoms in total. The van der Waals surface area contributed by atoms with Crippen LogP contribution in [-0.2, 0) is 6.42 Å². The smallest absolute Gasteiger partial charge is 0.317 e. The van der Waals surface area contributed by atoms with Crippen molar-refractivity contribution in [1.82, 2.24) is 10.2 Å². The summed E-state index contributed by atoms with van der Waals surface area (Å²) < 4.78 is 0. The van der Waals surface area contributed by atoms with E-state index in [9.17, 15) is 4.79 Å². The fraction of sp³-hybridized carbons (Fsp3) is 0.611. The Labute approximate surface area is 133 Å². The van der Waals surface area contributed by atoms with Crippen LogP contribution in [0.15, 0.2) is 30.3 Å². The number of carbonyl (C=O) groups is 1. The Morgan fingerprint density at radius 3 is 2.50 bits per heavy atom. The lowest BCUT2D eigenvalue weighted by molar-refractivity contribution is 0.135. The van der Waals surface area contributed by atoms with Crippen LogP contribution in [-0.4, -0.2) is 42.3 Å². The van der Waals surface area contributed by atoms with Gasteiger partial charge in [0.25, 0.3) is 0 Å². The zero-order valence-corrected chi connectivity index (χ0v) is 13.7. The van der Waals surface area contributed by atoms with Crippen molar-refractivity contribution in [1.29, 1.82) is 0 Å². The lowest BCUT2D eigenvalue weighted by Gasteiger charge is -2.33. The molecule has 0 atom stereocenters. The van der Waals surface area contributed by atoms with Gasteiger partial charge in [-0.05, 0) is 36.2 Å².